The number of nitrogens with zero attached hydrogens (tertiary/aromatic N) is 2. The van der Waals surface area contributed by atoms with Crippen LogP contribution >= 0.6 is 11.8 Å². The number of likely N-dealkylation sites (tertiary alicyclic amines) is 2. The van der Waals surface area contributed by atoms with Gasteiger partial charge >= 0.3 is 0 Å². The predicted octanol–water partition coefficient (Wildman–Crippen LogP) is 2.87. The lowest BCUT2D eigenvalue weighted by Gasteiger charge is -2.24. The SMILES string of the molecule is c1ccc2c(c1)CC(CN1CCC(N3CCCC3)C1)S2. The number of hydrogen-bond acceptors (Lipinski definition) is 3. The average Bonchev–Trinajstić information content (AvgIpc) is 3.18. The maximum Gasteiger partial charge on any atom is 0.0263 e. The first kappa shape index (κ1) is 13.2. The van der Waals surface area contributed by atoms with Gasteiger partial charge in [0.25, 0.3) is 0 Å². The zero-order valence-electron chi connectivity index (χ0n) is 12.1. The maximum atomic E-state index is 2.73. The topological polar surface area (TPSA) is 6.48 Å². The largest absolute Gasteiger partial charge is 0.301 e. The van der Waals surface area contributed by atoms with Crippen LogP contribution in [0.3, 0.4) is 0 Å². The second-order valence-electron chi connectivity index (χ2n) is 6.50. The molecule has 4 rings (SSSR count). The van der Waals surface area contributed by atoms with Gasteiger partial charge in [0.1, 0.15) is 0 Å². The van der Waals surface area contributed by atoms with Crippen molar-refractivity contribution < 1.29 is 0 Å². The van der Waals surface area contributed by atoms with Crippen LogP contribution in [-0.4, -0.2) is 53.8 Å². The number of rotatable bonds is 3. The highest BCUT2D eigenvalue weighted by Crippen LogP contribution is 2.37. The third-order valence-corrected chi connectivity index (χ3v) is 6.38. The van der Waals surface area contributed by atoms with Crippen LogP contribution in [0.2, 0.25) is 0 Å². The summed E-state index contributed by atoms with van der Waals surface area (Å²) in [6.45, 7) is 6.61. The van der Waals surface area contributed by atoms with E-state index in [4.69, 9.17) is 0 Å². The van der Waals surface area contributed by atoms with Crippen LogP contribution in [0.1, 0.15) is 24.8 Å². The molecule has 2 fully saturated rings. The highest BCUT2D eigenvalue weighted by atomic mass is 32.2. The van der Waals surface area contributed by atoms with Crippen molar-refractivity contribution in [3.8, 4) is 0 Å². The second kappa shape index (κ2) is 5.70. The van der Waals surface area contributed by atoms with Gasteiger partial charge in [-0.15, -0.1) is 11.8 Å². The molecule has 0 aliphatic carbocycles. The summed E-state index contributed by atoms with van der Waals surface area (Å²) in [5.41, 5.74) is 1.57. The molecule has 2 atom stereocenters. The standard InChI is InChI=1S/C17H24N2S/c1-2-6-17-14(5-1)11-16(20-17)13-18-10-7-15(12-18)19-8-3-4-9-19/h1-2,5-6,15-16H,3-4,7-13H2. The summed E-state index contributed by atoms with van der Waals surface area (Å²) in [7, 11) is 0. The molecule has 0 bridgehead atoms. The number of hydrogen-bond donors (Lipinski definition) is 0. The Labute approximate surface area is 126 Å². The normalized spacial score (nSPS) is 31.0. The summed E-state index contributed by atoms with van der Waals surface area (Å²) < 4.78 is 0. The molecule has 0 aromatic heterocycles. The Balaban J connectivity index is 1.31. The summed E-state index contributed by atoms with van der Waals surface area (Å²) in [6, 6.07) is 9.80. The van der Waals surface area contributed by atoms with E-state index in [0.717, 1.165) is 11.3 Å². The van der Waals surface area contributed by atoms with Crippen molar-refractivity contribution in [3.63, 3.8) is 0 Å². The highest BCUT2D eigenvalue weighted by Gasteiger charge is 2.31. The smallest absolute Gasteiger partial charge is 0.0263 e. The Morgan fingerprint density at radius 2 is 1.95 bits per heavy atom. The van der Waals surface area contributed by atoms with Crippen molar-refractivity contribution in [1.82, 2.24) is 9.80 Å². The average molecular weight is 288 g/mol. The molecule has 2 saturated heterocycles. The monoisotopic (exact) mass is 288 g/mol. The fraction of sp³-hybridized carbons (Fsp3) is 0.647. The Morgan fingerprint density at radius 1 is 1.10 bits per heavy atom. The molecule has 0 N–H and O–H groups in total. The minimum absolute atomic E-state index is 0.782. The van der Waals surface area contributed by atoms with Crippen molar-refractivity contribution in [3.05, 3.63) is 29.8 Å². The van der Waals surface area contributed by atoms with Crippen LogP contribution in [0.4, 0.5) is 0 Å². The molecular weight excluding hydrogens is 264 g/mol. The summed E-state index contributed by atoms with van der Waals surface area (Å²) in [4.78, 5) is 6.97. The molecule has 3 aliphatic heterocycles. The van der Waals surface area contributed by atoms with Gasteiger partial charge in [-0.1, -0.05) is 18.2 Å². The van der Waals surface area contributed by atoms with Crippen LogP contribution in [0.5, 0.6) is 0 Å². The number of thioether (sulfide) groups is 1. The zero-order valence-corrected chi connectivity index (χ0v) is 12.9. The Morgan fingerprint density at radius 3 is 2.80 bits per heavy atom. The quantitative estimate of drug-likeness (QED) is 0.844. The van der Waals surface area contributed by atoms with Crippen molar-refractivity contribution >= 4 is 11.8 Å². The zero-order chi connectivity index (χ0) is 13.4. The molecular formula is C17H24N2S. The van der Waals surface area contributed by atoms with Crippen LogP contribution < -0.4 is 0 Å². The van der Waals surface area contributed by atoms with E-state index in [1.165, 1.54) is 63.3 Å². The van der Waals surface area contributed by atoms with Crippen LogP contribution in [-0.2, 0) is 6.42 Å². The summed E-state index contributed by atoms with van der Waals surface area (Å²) in [5.74, 6) is 0. The summed E-state index contributed by atoms with van der Waals surface area (Å²) in [6.07, 6.45) is 5.50. The van der Waals surface area contributed by atoms with E-state index in [-0.39, 0.29) is 0 Å². The number of fused-ring (bicyclic) bond motifs is 1. The maximum absolute atomic E-state index is 2.73. The molecule has 0 radical (unpaired) electrons. The van der Waals surface area contributed by atoms with Crippen molar-refractivity contribution in [1.29, 1.82) is 0 Å². The highest BCUT2D eigenvalue weighted by molar-refractivity contribution is 8.00. The van der Waals surface area contributed by atoms with E-state index in [1.54, 1.807) is 5.56 Å². The Kier molecular flexibility index (Phi) is 3.76. The summed E-state index contributed by atoms with van der Waals surface area (Å²) in [5, 5.41) is 0.782. The van der Waals surface area contributed by atoms with E-state index in [9.17, 15) is 0 Å². The van der Waals surface area contributed by atoms with Crippen molar-refractivity contribution in [2.24, 2.45) is 0 Å². The Bertz CT molecular complexity index is 445. The van der Waals surface area contributed by atoms with Gasteiger partial charge in [0.2, 0.25) is 0 Å². The number of benzene rings is 1. The van der Waals surface area contributed by atoms with Crippen molar-refractivity contribution in [2.45, 2.75) is 41.9 Å². The minimum Gasteiger partial charge on any atom is -0.301 e. The third kappa shape index (κ3) is 2.63. The first-order chi connectivity index (χ1) is 9.88. The first-order valence-electron chi connectivity index (χ1n) is 8.09. The van der Waals surface area contributed by atoms with Gasteiger partial charge in [0.15, 0.2) is 0 Å². The third-order valence-electron chi connectivity index (χ3n) is 5.08. The fourth-order valence-corrected chi connectivity index (χ4v) is 5.39. The molecule has 2 unspecified atom stereocenters. The van der Waals surface area contributed by atoms with Crippen LogP contribution in [0.25, 0.3) is 0 Å². The lowest BCUT2D eigenvalue weighted by atomic mass is 10.1. The van der Waals surface area contributed by atoms with E-state index in [2.05, 4.69) is 45.8 Å². The van der Waals surface area contributed by atoms with Crippen LogP contribution in [0, 0.1) is 0 Å². The van der Waals surface area contributed by atoms with Gasteiger partial charge in [-0.2, -0.15) is 0 Å². The van der Waals surface area contributed by atoms with Crippen LogP contribution in [0.15, 0.2) is 29.2 Å². The molecule has 20 heavy (non-hydrogen) atoms. The molecule has 2 nitrogen and oxygen atoms in total. The molecule has 0 amide bonds. The van der Waals surface area contributed by atoms with E-state index >= 15 is 0 Å². The van der Waals surface area contributed by atoms with E-state index in [1.807, 2.05) is 0 Å². The fourth-order valence-electron chi connectivity index (χ4n) is 4.03. The molecule has 3 heteroatoms. The van der Waals surface area contributed by atoms with E-state index < -0.39 is 0 Å². The minimum atomic E-state index is 0.782. The van der Waals surface area contributed by atoms with Gasteiger partial charge in [-0.3, -0.25) is 4.90 Å². The van der Waals surface area contributed by atoms with Crippen molar-refractivity contribution in [2.75, 3.05) is 32.7 Å². The molecule has 1 aromatic rings. The van der Waals surface area contributed by atoms with Gasteiger partial charge in [0, 0.05) is 29.3 Å². The van der Waals surface area contributed by atoms with Gasteiger partial charge in [-0.05, 0) is 56.9 Å². The first-order valence-corrected chi connectivity index (χ1v) is 8.97. The summed E-state index contributed by atoms with van der Waals surface area (Å²) >= 11 is 2.10. The lowest BCUT2D eigenvalue weighted by molar-refractivity contribution is 0.232. The Hall–Kier alpha value is -0.510. The van der Waals surface area contributed by atoms with Gasteiger partial charge < -0.3 is 4.90 Å². The second-order valence-corrected chi connectivity index (χ2v) is 7.84. The molecule has 0 spiro atoms. The van der Waals surface area contributed by atoms with Gasteiger partial charge in [-0.25, -0.2) is 0 Å². The predicted molar refractivity (Wildman–Crippen MR) is 85.4 cm³/mol. The molecule has 3 heterocycles. The molecule has 0 saturated carbocycles. The van der Waals surface area contributed by atoms with Gasteiger partial charge in [0.05, 0.1) is 0 Å². The molecule has 108 valence electrons. The lowest BCUT2D eigenvalue weighted by Crippen LogP contribution is -2.36. The van der Waals surface area contributed by atoms with E-state index in [0.29, 0.717) is 0 Å². The molecule has 3 aliphatic rings. The molecule has 1 aromatic carbocycles.